The van der Waals surface area contributed by atoms with Gasteiger partial charge in [-0.2, -0.15) is 0 Å². The summed E-state index contributed by atoms with van der Waals surface area (Å²) in [5.41, 5.74) is 0.780. The highest BCUT2D eigenvalue weighted by Crippen LogP contribution is 2.25. The molecule has 0 saturated carbocycles. The van der Waals surface area contributed by atoms with E-state index in [9.17, 15) is 4.79 Å². The summed E-state index contributed by atoms with van der Waals surface area (Å²) in [7, 11) is 4.92. The largest absolute Gasteiger partial charge is 0.497 e. The van der Waals surface area contributed by atoms with Crippen LogP contribution in [0.1, 0.15) is 17.1 Å². The number of furan rings is 1. The van der Waals surface area contributed by atoms with Gasteiger partial charge in [0, 0.05) is 18.7 Å². The van der Waals surface area contributed by atoms with Gasteiger partial charge in [-0.3, -0.25) is 4.79 Å². The van der Waals surface area contributed by atoms with Crippen LogP contribution in [0.3, 0.4) is 0 Å². The lowest BCUT2D eigenvalue weighted by Gasteiger charge is -2.13. The minimum absolute atomic E-state index is 0.121. The quantitative estimate of drug-likeness (QED) is 0.768. The summed E-state index contributed by atoms with van der Waals surface area (Å²) < 4.78 is 16.0. The first-order valence-electron chi connectivity index (χ1n) is 7.24. The second-order valence-electron chi connectivity index (χ2n) is 5.15. The first kappa shape index (κ1) is 16.7. The van der Waals surface area contributed by atoms with Gasteiger partial charge < -0.3 is 18.8 Å². The Balaban J connectivity index is 2.08. The zero-order valence-corrected chi connectivity index (χ0v) is 13.8. The summed E-state index contributed by atoms with van der Waals surface area (Å²) in [5.74, 6) is 2.85. The highest BCUT2D eigenvalue weighted by Gasteiger charge is 2.09. The third-order valence-corrected chi connectivity index (χ3v) is 3.41. The van der Waals surface area contributed by atoms with Crippen molar-refractivity contribution in [2.75, 3.05) is 21.3 Å². The van der Waals surface area contributed by atoms with E-state index in [0.29, 0.717) is 18.0 Å². The van der Waals surface area contributed by atoms with Crippen LogP contribution < -0.4 is 9.47 Å². The molecule has 0 bridgehead atoms. The fourth-order valence-electron chi connectivity index (χ4n) is 2.14. The molecule has 122 valence electrons. The standard InChI is InChI=1S/C18H21NO4/c1-13-5-7-16(23-13)12-19(2)18(20)10-6-14-11-15(21-3)8-9-17(14)22-4/h5-11H,12H2,1-4H3/b10-6+. The molecule has 0 aliphatic heterocycles. The van der Waals surface area contributed by atoms with Crippen LogP contribution in [-0.2, 0) is 11.3 Å². The Labute approximate surface area is 136 Å². The number of carbonyl (C=O) groups excluding carboxylic acids is 1. The summed E-state index contributed by atoms with van der Waals surface area (Å²) in [6, 6.07) is 9.18. The van der Waals surface area contributed by atoms with Crippen molar-refractivity contribution >= 4 is 12.0 Å². The Kier molecular flexibility index (Phi) is 5.46. The van der Waals surface area contributed by atoms with E-state index in [1.165, 1.54) is 6.08 Å². The number of rotatable bonds is 6. The van der Waals surface area contributed by atoms with Crippen molar-refractivity contribution in [1.29, 1.82) is 0 Å². The molecule has 1 heterocycles. The third-order valence-electron chi connectivity index (χ3n) is 3.41. The van der Waals surface area contributed by atoms with Crippen LogP contribution in [0.25, 0.3) is 6.08 Å². The summed E-state index contributed by atoms with van der Waals surface area (Å²) in [4.78, 5) is 13.8. The maximum atomic E-state index is 12.2. The average Bonchev–Trinajstić information content (AvgIpc) is 2.96. The lowest BCUT2D eigenvalue weighted by Crippen LogP contribution is -2.23. The summed E-state index contributed by atoms with van der Waals surface area (Å²) in [6.45, 7) is 2.30. The molecule has 1 aromatic heterocycles. The number of amides is 1. The smallest absolute Gasteiger partial charge is 0.246 e. The minimum atomic E-state index is -0.121. The maximum Gasteiger partial charge on any atom is 0.246 e. The third kappa shape index (κ3) is 4.39. The highest BCUT2D eigenvalue weighted by molar-refractivity contribution is 5.92. The summed E-state index contributed by atoms with van der Waals surface area (Å²) >= 11 is 0. The average molecular weight is 315 g/mol. The molecule has 0 fully saturated rings. The zero-order valence-electron chi connectivity index (χ0n) is 13.8. The predicted octanol–water partition coefficient (Wildman–Crippen LogP) is 3.28. The van der Waals surface area contributed by atoms with E-state index < -0.39 is 0 Å². The zero-order chi connectivity index (χ0) is 16.8. The molecule has 0 radical (unpaired) electrons. The lowest BCUT2D eigenvalue weighted by atomic mass is 10.1. The molecule has 0 spiro atoms. The number of hydrogen-bond donors (Lipinski definition) is 0. The van der Waals surface area contributed by atoms with E-state index in [1.807, 2.05) is 31.2 Å². The van der Waals surface area contributed by atoms with Crippen molar-refractivity contribution in [2.24, 2.45) is 0 Å². The van der Waals surface area contributed by atoms with Gasteiger partial charge in [0.2, 0.25) is 5.91 Å². The van der Waals surface area contributed by atoms with E-state index in [1.54, 1.807) is 38.3 Å². The van der Waals surface area contributed by atoms with Gasteiger partial charge in [0.05, 0.1) is 20.8 Å². The maximum absolute atomic E-state index is 12.2. The van der Waals surface area contributed by atoms with Crippen molar-refractivity contribution in [1.82, 2.24) is 4.90 Å². The topological polar surface area (TPSA) is 51.9 Å². The van der Waals surface area contributed by atoms with Gasteiger partial charge >= 0.3 is 0 Å². The predicted molar refractivity (Wildman–Crippen MR) is 88.5 cm³/mol. The monoisotopic (exact) mass is 315 g/mol. The highest BCUT2D eigenvalue weighted by atomic mass is 16.5. The van der Waals surface area contributed by atoms with Crippen LogP contribution in [0.5, 0.6) is 11.5 Å². The van der Waals surface area contributed by atoms with Gasteiger partial charge in [0.25, 0.3) is 0 Å². The number of nitrogens with zero attached hydrogens (tertiary/aromatic N) is 1. The van der Waals surface area contributed by atoms with Crippen LogP contribution in [0, 0.1) is 6.92 Å². The molecule has 23 heavy (non-hydrogen) atoms. The van der Waals surface area contributed by atoms with Crippen molar-refractivity contribution in [3.8, 4) is 11.5 Å². The van der Waals surface area contributed by atoms with Gasteiger partial charge in [0.15, 0.2) is 0 Å². The minimum Gasteiger partial charge on any atom is -0.497 e. The molecule has 0 aliphatic rings. The number of ether oxygens (including phenoxy) is 2. The van der Waals surface area contributed by atoms with E-state index in [2.05, 4.69) is 0 Å². The first-order valence-corrected chi connectivity index (χ1v) is 7.24. The van der Waals surface area contributed by atoms with E-state index in [-0.39, 0.29) is 5.91 Å². The fourth-order valence-corrected chi connectivity index (χ4v) is 2.14. The Morgan fingerprint density at radius 3 is 2.61 bits per heavy atom. The number of carbonyl (C=O) groups is 1. The molecule has 0 atom stereocenters. The van der Waals surface area contributed by atoms with E-state index >= 15 is 0 Å². The number of likely N-dealkylation sites (N-methyl/N-ethyl adjacent to an activating group) is 1. The molecule has 5 heteroatoms. The summed E-state index contributed by atoms with van der Waals surface area (Å²) in [5, 5.41) is 0. The number of hydrogen-bond acceptors (Lipinski definition) is 4. The number of methoxy groups -OCH3 is 2. The van der Waals surface area contributed by atoms with Gasteiger partial charge in [-0.1, -0.05) is 0 Å². The Morgan fingerprint density at radius 2 is 2.00 bits per heavy atom. The lowest BCUT2D eigenvalue weighted by molar-refractivity contribution is -0.125. The van der Waals surface area contributed by atoms with Crippen molar-refractivity contribution in [2.45, 2.75) is 13.5 Å². The van der Waals surface area contributed by atoms with Gasteiger partial charge in [-0.25, -0.2) is 0 Å². The number of benzene rings is 1. The van der Waals surface area contributed by atoms with Gasteiger partial charge in [-0.15, -0.1) is 0 Å². The van der Waals surface area contributed by atoms with Crippen LogP contribution in [0.2, 0.25) is 0 Å². The van der Waals surface area contributed by atoms with Crippen LogP contribution in [-0.4, -0.2) is 32.1 Å². The van der Waals surface area contributed by atoms with Gasteiger partial charge in [-0.05, 0) is 43.3 Å². The Hall–Kier alpha value is -2.69. The molecule has 0 N–H and O–H groups in total. The molecule has 2 aromatic rings. The molecule has 0 unspecified atom stereocenters. The van der Waals surface area contributed by atoms with Crippen molar-refractivity contribution in [3.05, 3.63) is 53.5 Å². The molecule has 1 aromatic carbocycles. The fraction of sp³-hybridized carbons (Fsp3) is 0.278. The molecule has 5 nitrogen and oxygen atoms in total. The van der Waals surface area contributed by atoms with Crippen LogP contribution in [0.4, 0.5) is 0 Å². The number of aryl methyl sites for hydroxylation is 1. The van der Waals surface area contributed by atoms with Gasteiger partial charge in [0.1, 0.15) is 23.0 Å². The molecule has 2 rings (SSSR count). The Bertz CT molecular complexity index is 703. The van der Waals surface area contributed by atoms with Crippen molar-refractivity contribution in [3.63, 3.8) is 0 Å². The molecule has 1 amide bonds. The molecule has 0 aliphatic carbocycles. The molecule has 0 saturated heterocycles. The second-order valence-corrected chi connectivity index (χ2v) is 5.15. The second kappa shape index (κ2) is 7.54. The van der Waals surface area contributed by atoms with Crippen LogP contribution >= 0.6 is 0 Å². The Morgan fingerprint density at radius 1 is 1.22 bits per heavy atom. The van der Waals surface area contributed by atoms with E-state index in [0.717, 1.165) is 17.1 Å². The van der Waals surface area contributed by atoms with Crippen LogP contribution in [0.15, 0.2) is 40.8 Å². The van der Waals surface area contributed by atoms with E-state index in [4.69, 9.17) is 13.9 Å². The SMILES string of the molecule is COc1ccc(OC)c(/C=C/C(=O)N(C)Cc2ccc(C)o2)c1. The van der Waals surface area contributed by atoms with Crippen molar-refractivity contribution < 1.29 is 18.7 Å². The first-order chi connectivity index (χ1) is 11.0. The molecular weight excluding hydrogens is 294 g/mol. The summed E-state index contributed by atoms with van der Waals surface area (Å²) in [6.07, 6.45) is 3.22. The normalized spacial score (nSPS) is 10.8. The molecular formula is C18H21NO4.